The Balaban J connectivity index is 1.54. The number of ether oxygens (including phenoxy) is 1. The number of carbonyl (C=O) groups is 1. The Morgan fingerprint density at radius 3 is 2.35 bits per heavy atom. The molecule has 4 rings (SSSR count). The summed E-state index contributed by atoms with van der Waals surface area (Å²) < 4.78 is 6.07. The summed E-state index contributed by atoms with van der Waals surface area (Å²) in [6.07, 6.45) is 16.6. The summed E-state index contributed by atoms with van der Waals surface area (Å²) >= 11 is 0. The van der Waals surface area contributed by atoms with Gasteiger partial charge in [-0.2, -0.15) is 0 Å². The van der Waals surface area contributed by atoms with Crippen molar-refractivity contribution in [1.82, 2.24) is 0 Å². The molecule has 178 valence electrons. The number of fused-ring (bicyclic) bond motifs is 5. The second-order valence-electron chi connectivity index (χ2n) is 13.1. The van der Waals surface area contributed by atoms with Crippen molar-refractivity contribution < 1.29 is 9.53 Å². The highest BCUT2D eigenvalue weighted by Crippen LogP contribution is 2.68. The predicted molar refractivity (Wildman–Crippen MR) is 129 cm³/mol. The van der Waals surface area contributed by atoms with Crippen molar-refractivity contribution in [2.75, 3.05) is 0 Å². The third-order valence-electron chi connectivity index (χ3n) is 11.1. The minimum atomic E-state index is -0.0574. The highest BCUT2D eigenvalue weighted by Gasteiger charge is 2.62. The number of hydrogen-bond acceptors (Lipinski definition) is 2. The fourth-order valence-corrected chi connectivity index (χ4v) is 9.69. The van der Waals surface area contributed by atoms with Gasteiger partial charge >= 0.3 is 5.97 Å². The van der Waals surface area contributed by atoms with Crippen molar-refractivity contribution in [3.8, 4) is 0 Å². The molecule has 0 aliphatic heterocycles. The summed E-state index contributed by atoms with van der Waals surface area (Å²) in [5, 5.41) is 0. The molecule has 4 fully saturated rings. The van der Waals surface area contributed by atoms with Crippen LogP contribution in [-0.4, -0.2) is 12.1 Å². The highest BCUT2D eigenvalue weighted by atomic mass is 16.5. The minimum absolute atomic E-state index is 0.0574. The van der Waals surface area contributed by atoms with Crippen molar-refractivity contribution in [2.24, 2.45) is 52.3 Å². The summed E-state index contributed by atoms with van der Waals surface area (Å²) in [5.74, 6) is 5.61. The molecule has 4 aliphatic carbocycles. The fourth-order valence-electron chi connectivity index (χ4n) is 9.69. The molecule has 0 spiro atoms. The van der Waals surface area contributed by atoms with Gasteiger partial charge in [-0.3, -0.25) is 4.79 Å². The molecule has 2 nitrogen and oxygen atoms in total. The molecule has 4 saturated carbocycles. The first kappa shape index (κ1) is 23.6. The van der Waals surface area contributed by atoms with Crippen LogP contribution in [0.3, 0.4) is 0 Å². The van der Waals surface area contributed by atoms with Crippen LogP contribution in [0.2, 0.25) is 0 Å². The van der Waals surface area contributed by atoms with E-state index in [4.69, 9.17) is 4.74 Å². The van der Waals surface area contributed by atoms with Crippen LogP contribution >= 0.6 is 0 Å². The van der Waals surface area contributed by atoms with Gasteiger partial charge in [-0.15, -0.1) is 0 Å². The maximum atomic E-state index is 12.0. The molecule has 0 unspecified atom stereocenters. The van der Waals surface area contributed by atoms with Gasteiger partial charge in [-0.05, 0) is 91.3 Å². The topological polar surface area (TPSA) is 26.3 Å². The third-order valence-corrected chi connectivity index (χ3v) is 11.1. The molecule has 9 atom stereocenters. The van der Waals surface area contributed by atoms with Gasteiger partial charge in [0.05, 0.1) is 0 Å². The Hall–Kier alpha value is -0.530. The number of rotatable bonds is 6. The second kappa shape index (κ2) is 9.02. The molecule has 0 aromatic carbocycles. The molecular weight excluding hydrogens is 380 g/mol. The molecule has 0 saturated heterocycles. The lowest BCUT2D eigenvalue weighted by Crippen LogP contribution is -2.57. The first-order chi connectivity index (χ1) is 14.7. The van der Waals surface area contributed by atoms with E-state index >= 15 is 0 Å². The largest absolute Gasteiger partial charge is 0.462 e. The smallest absolute Gasteiger partial charge is 0.302 e. The van der Waals surface area contributed by atoms with Crippen LogP contribution in [0, 0.1) is 52.3 Å². The Morgan fingerprint density at radius 2 is 1.65 bits per heavy atom. The molecule has 0 heterocycles. The Labute approximate surface area is 192 Å². The van der Waals surface area contributed by atoms with Gasteiger partial charge in [0, 0.05) is 12.8 Å². The summed E-state index contributed by atoms with van der Waals surface area (Å²) in [7, 11) is 0. The molecule has 2 heteroatoms. The summed E-state index contributed by atoms with van der Waals surface area (Å²) in [6.45, 7) is 14.2. The normalized spacial score (nSPS) is 45.5. The monoisotopic (exact) mass is 430 g/mol. The quantitative estimate of drug-likeness (QED) is 0.398. The summed E-state index contributed by atoms with van der Waals surface area (Å²) in [6, 6.07) is 0. The van der Waals surface area contributed by atoms with Gasteiger partial charge < -0.3 is 4.74 Å². The van der Waals surface area contributed by atoms with E-state index in [-0.39, 0.29) is 12.1 Å². The van der Waals surface area contributed by atoms with Crippen LogP contribution in [0.4, 0.5) is 0 Å². The van der Waals surface area contributed by atoms with E-state index in [1.165, 1.54) is 70.6 Å². The zero-order chi connectivity index (χ0) is 22.4. The van der Waals surface area contributed by atoms with Gasteiger partial charge in [0.1, 0.15) is 6.10 Å². The van der Waals surface area contributed by atoms with Crippen molar-refractivity contribution in [3.05, 3.63) is 0 Å². The van der Waals surface area contributed by atoms with Crippen molar-refractivity contribution in [1.29, 1.82) is 0 Å². The molecule has 31 heavy (non-hydrogen) atoms. The Kier molecular flexibility index (Phi) is 6.87. The van der Waals surface area contributed by atoms with E-state index in [1.54, 1.807) is 6.92 Å². The van der Waals surface area contributed by atoms with E-state index in [1.807, 2.05) is 0 Å². The van der Waals surface area contributed by atoms with Gasteiger partial charge in [0.25, 0.3) is 0 Å². The van der Waals surface area contributed by atoms with Crippen LogP contribution in [0.5, 0.6) is 0 Å². The predicted octanol–water partition coefficient (Wildman–Crippen LogP) is 8.04. The Morgan fingerprint density at radius 1 is 0.903 bits per heavy atom. The van der Waals surface area contributed by atoms with Crippen LogP contribution < -0.4 is 0 Å². The van der Waals surface area contributed by atoms with E-state index in [0.717, 1.165) is 41.9 Å². The van der Waals surface area contributed by atoms with E-state index in [0.29, 0.717) is 16.7 Å². The van der Waals surface area contributed by atoms with Gasteiger partial charge in [-0.25, -0.2) is 0 Å². The standard InChI is InChI=1S/C29H50O2/c1-19(2)10-9-11-20(3)23-13-14-24-22-18-27(31-21(4)30)26-12-7-8-16-28(26,5)25(22)15-17-29(23,24)6/h19-20,22-27H,7-18H2,1-6H3/t20-,22+,23-,24+,25+,26-,27+,28-,29-/m1/s1. The SMILES string of the molecule is CC(=O)O[C@H]1C[C@@H]2[C@H](CC[C@]3(C)[C@@H]([C@H](C)CCCC(C)C)CC[C@@H]23)[C@@]2(C)CCCC[C@H]12. The maximum absolute atomic E-state index is 12.0. The van der Waals surface area contributed by atoms with Crippen molar-refractivity contribution in [3.63, 3.8) is 0 Å². The van der Waals surface area contributed by atoms with Gasteiger partial charge in [0.15, 0.2) is 0 Å². The molecule has 0 N–H and O–H groups in total. The minimum Gasteiger partial charge on any atom is -0.462 e. The maximum Gasteiger partial charge on any atom is 0.302 e. The number of carbonyl (C=O) groups excluding carboxylic acids is 1. The van der Waals surface area contributed by atoms with Crippen LogP contribution in [-0.2, 0) is 9.53 Å². The average molecular weight is 431 g/mol. The van der Waals surface area contributed by atoms with E-state index in [2.05, 4.69) is 34.6 Å². The zero-order valence-electron chi connectivity index (χ0n) is 21.4. The van der Waals surface area contributed by atoms with Gasteiger partial charge in [-0.1, -0.05) is 66.7 Å². The van der Waals surface area contributed by atoms with Crippen LogP contribution in [0.25, 0.3) is 0 Å². The lowest BCUT2D eigenvalue weighted by molar-refractivity contribution is -0.184. The fraction of sp³-hybridized carbons (Fsp3) is 0.966. The first-order valence-corrected chi connectivity index (χ1v) is 13.8. The van der Waals surface area contributed by atoms with E-state index < -0.39 is 0 Å². The lowest BCUT2D eigenvalue weighted by atomic mass is 9.44. The molecule has 0 aromatic heterocycles. The van der Waals surface area contributed by atoms with Crippen molar-refractivity contribution >= 4 is 5.97 Å². The molecule has 4 aliphatic rings. The van der Waals surface area contributed by atoms with E-state index in [9.17, 15) is 4.79 Å². The molecule has 0 radical (unpaired) electrons. The lowest BCUT2D eigenvalue weighted by Gasteiger charge is -2.62. The molecule has 0 amide bonds. The van der Waals surface area contributed by atoms with Gasteiger partial charge in [0.2, 0.25) is 0 Å². The Bertz CT molecular complexity index is 641. The zero-order valence-corrected chi connectivity index (χ0v) is 21.4. The first-order valence-electron chi connectivity index (χ1n) is 13.8. The van der Waals surface area contributed by atoms with Crippen molar-refractivity contribution in [2.45, 2.75) is 125 Å². The van der Waals surface area contributed by atoms with Crippen LogP contribution in [0.1, 0.15) is 119 Å². The summed E-state index contributed by atoms with van der Waals surface area (Å²) in [4.78, 5) is 12.0. The molecule has 0 bridgehead atoms. The van der Waals surface area contributed by atoms with Crippen LogP contribution in [0.15, 0.2) is 0 Å². The number of esters is 1. The average Bonchev–Trinajstić information content (AvgIpc) is 3.04. The highest BCUT2D eigenvalue weighted by molar-refractivity contribution is 5.66. The molecule has 0 aromatic rings. The number of hydrogen-bond donors (Lipinski definition) is 0. The second-order valence-corrected chi connectivity index (χ2v) is 13.1. The summed E-state index contributed by atoms with van der Waals surface area (Å²) in [5.41, 5.74) is 0.903. The third kappa shape index (κ3) is 4.23. The molecular formula is C29H50O2.